The van der Waals surface area contributed by atoms with E-state index in [1.165, 1.54) is 18.3 Å². The van der Waals surface area contributed by atoms with Crippen molar-refractivity contribution in [1.29, 1.82) is 0 Å². The summed E-state index contributed by atoms with van der Waals surface area (Å²) in [7, 11) is 6.16. The van der Waals surface area contributed by atoms with E-state index in [1.807, 2.05) is 0 Å². The summed E-state index contributed by atoms with van der Waals surface area (Å²) in [4.78, 5) is 60.6. The van der Waals surface area contributed by atoms with Gasteiger partial charge in [0, 0.05) is 17.7 Å². The molecule has 210 valence electrons. The Hall–Kier alpha value is -4.63. The van der Waals surface area contributed by atoms with Gasteiger partial charge in [-0.05, 0) is 30.7 Å². The Kier molecular flexibility index (Phi) is 10.8. The number of nitrogen functional groups attached to an aromatic ring is 1. The number of quaternary nitrogens is 1. The second kappa shape index (κ2) is 13.8. The lowest BCUT2D eigenvalue weighted by Gasteiger charge is -2.21. The van der Waals surface area contributed by atoms with E-state index in [2.05, 4.69) is 51.7 Å². The summed E-state index contributed by atoms with van der Waals surface area (Å²) in [6.07, 6.45) is 0.840. The smallest absolute Gasteiger partial charge is 0.326 e. The first-order valence-electron chi connectivity index (χ1n) is 11.8. The van der Waals surface area contributed by atoms with Crippen molar-refractivity contribution in [2.45, 2.75) is 25.4 Å². The molecule has 15 nitrogen and oxygen atoms in total. The number of aromatic amines is 1. The largest absolute Gasteiger partial charge is 0.481 e. The number of nitrogens with one attached hydrogen (secondary N) is 3. The molecule has 0 bridgehead atoms. The molecule has 8 N–H and O–H groups in total. The van der Waals surface area contributed by atoms with Crippen LogP contribution < -0.4 is 21.9 Å². The summed E-state index contributed by atoms with van der Waals surface area (Å²) in [6, 6.07) is 4.86. The molecule has 1 amide bonds. The van der Waals surface area contributed by atoms with Gasteiger partial charge in [0.1, 0.15) is 12.6 Å². The number of H-pyrrole nitrogens is 1. The fourth-order valence-electron chi connectivity index (χ4n) is 3.05. The maximum Gasteiger partial charge on any atom is 0.326 e. The first-order chi connectivity index (χ1) is 18.3. The number of carboxylic acid groups (broad SMARTS) is 2. The molecule has 0 fully saturated rings. The van der Waals surface area contributed by atoms with Crippen molar-refractivity contribution >= 4 is 40.6 Å². The predicted octanol–water partition coefficient (Wildman–Crippen LogP) is -0.360. The number of carbonyl (C=O) groups is 3. The molecule has 15 heteroatoms. The number of nitrogens with zero attached hydrogens (tertiary/aromatic N) is 4. The molecule has 3 aromatic rings. The van der Waals surface area contributed by atoms with E-state index in [1.54, 1.807) is 12.1 Å². The Balaban J connectivity index is 0.000000673. The standard InChI is InChI=1S/C19H19N7O6.C5H14NO/c20-19-25-15-14(17(30)26-19)23-11(8-22-15)7-21-10-3-1-9(2-4-10)16(29)24-12(18(31)32)5-6-13(27)28;1-6(2,3)4-5-7/h1-4,8,12,21H,5-7H2,(H,24,29)(H,27,28)(H,31,32)(H3,20,22,25,26,30);7H,4-5H2,1-3H3/q;+1/t12-;/m0./s1. The number of aliphatic hydroxyl groups is 1. The van der Waals surface area contributed by atoms with Crippen LogP contribution in [0, 0.1) is 0 Å². The molecule has 0 saturated carbocycles. The zero-order valence-corrected chi connectivity index (χ0v) is 21.8. The summed E-state index contributed by atoms with van der Waals surface area (Å²) in [5, 5.41) is 31.6. The lowest BCUT2D eigenvalue weighted by molar-refractivity contribution is -0.870. The number of amides is 1. The molecule has 2 heterocycles. The van der Waals surface area contributed by atoms with Gasteiger partial charge in [-0.25, -0.2) is 14.8 Å². The van der Waals surface area contributed by atoms with Gasteiger partial charge in [-0.2, -0.15) is 4.98 Å². The molecule has 0 saturated heterocycles. The summed E-state index contributed by atoms with van der Waals surface area (Å²) in [6.45, 7) is 1.35. The average molecular weight is 546 g/mol. The molecule has 1 aromatic carbocycles. The third-order valence-corrected chi connectivity index (χ3v) is 5.13. The highest BCUT2D eigenvalue weighted by atomic mass is 16.4. The molecule has 0 aliphatic rings. The third-order valence-electron chi connectivity index (χ3n) is 5.13. The van der Waals surface area contributed by atoms with Crippen molar-refractivity contribution in [3.05, 3.63) is 52.1 Å². The van der Waals surface area contributed by atoms with Gasteiger partial charge in [0.25, 0.3) is 11.5 Å². The second-order valence-corrected chi connectivity index (χ2v) is 9.45. The number of anilines is 2. The van der Waals surface area contributed by atoms with E-state index >= 15 is 0 Å². The fourth-order valence-corrected chi connectivity index (χ4v) is 3.05. The molecule has 2 aromatic heterocycles. The Labute approximate surface area is 223 Å². The Bertz CT molecular complexity index is 1350. The SMILES string of the molecule is C[N+](C)(C)CCO.Nc1nc2ncc(CNc3ccc(C(=O)N[C@@H](CCC(=O)O)C(=O)O)cc3)nc2c(=O)[nH]1. The van der Waals surface area contributed by atoms with Crippen LogP contribution in [0.25, 0.3) is 11.2 Å². The Morgan fingerprint density at radius 2 is 1.77 bits per heavy atom. The number of carbonyl (C=O) groups excluding carboxylic acids is 1. The highest BCUT2D eigenvalue weighted by Crippen LogP contribution is 2.12. The van der Waals surface area contributed by atoms with Crippen LogP contribution in [0.2, 0.25) is 0 Å². The van der Waals surface area contributed by atoms with Crippen LogP contribution in [0.5, 0.6) is 0 Å². The molecule has 0 radical (unpaired) electrons. The topological polar surface area (TPSA) is 234 Å². The van der Waals surface area contributed by atoms with Crippen LogP contribution in [-0.2, 0) is 16.1 Å². The van der Waals surface area contributed by atoms with Gasteiger partial charge in [0.2, 0.25) is 5.95 Å². The number of likely N-dealkylation sites (N-methyl/N-ethyl adjacent to an activating group) is 1. The van der Waals surface area contributed by atoms with E-state index in [4.69, 9.17) is 21.1 Å². The number of rotatable bonds is 11. The number of fused-ring (bicyclic) bond motifs is 1. The zero-order chi connectivity index (χ0) is 29.2. The number of aliphatic carboxylic acids is 2. The average Bonchev–Trinajstić information content (AvgIpc) is 2.85. The Morgan fingerprint density at radius 1 is 1.10 bits per heavy atom. The number of hydrogen-bond donors (Lipinski definition) is 7. The van der Waals surface area contributed by atoms with Crippen LogP contribution >= 0.6 is 0 Å². The lowest BCUT2D eigenvalue weighted by atomic mass is 10.1. The van der Waals surface area contributed by atoms with Crippen LogP contribution in [-0.4, -0.2) is 97.9 Å². The molecule has 0 aliphatic heterocycles. The fraction of sp³-hybridized carbons (Fsp3) is 0.375. The van der Waals surface area contributed by atoms with Crippen molar-refractivity contribution in [1.82, 2.24) is 25.3 Å². The summed E-state index contributed by atoms with van der Waals surface area (Å²) < 4.78 is 0.844. The van der Waals surface area contributed by atoms with Gasteiger partial charge >= 0.3 is 11.9 Å². The minimum absolute atomic E-state index is 0.0524. The van der Waals surface area contributed by atoms with Crippen LogP contribution in [0.15, 0.2) is 35.3 Å². The van der Waals surface area contributed by atoms with Crippen LogP contribution in [0.4, 0.5) is 11.6 Å². The lowest BCUT2D eigenvalue weighted by Crippen LogP contribution is -2.41. The number of hydrogen-bond acceptors (Lipinski definition) is 10. The van der Waals surface area contributed by atoms with Crippen LogP contribution in [0.1, 0.15) is 28.9 Å². The van der Waals surface area contributed by atoms with Crippen LogP contribution in [0.3, 0.4) is 0 Å². The van der Waals surface area contributed by atoms with Gasteiger partial charge in [-0.3, -0.25) is 19.4 Å². The van der Waals surface area contributed by atoms with Gasteiger partial charge < -0.3 is 36.2 Å². The molecule has 0 aliphatic carbocycles. The Morgan fingerprint density at radius 3 is 2.31 bits per heavy atom. The van der Waals surface area contributed by atoms with Gasteiger partial charge in [-0.15, -0.1) is 0 Å². The van der Waals surface area contributed by atoms with E-state index in [0.717, 1.165) is 11.0 Å². The molecule has 0 spiro atoms. The summed E-state index contributed by atoms with van der Waals surface area (Å²) >= 11 is 0. The molecular formula is C24H33N8O7+. The minimum Gasteiger partial charge on any atom is -0.481 e. The molecule has 1 atom stereocenters. The van der Waals surface area contributed by atoms with E-state index in [-0.39, 0.29) is 48.7 Å². The third kappa shape index (κ3) is 10.3. The van der Waals surface area contributed by atoms with Crippen molar-refractivity contribution < 1.29 is 34.2 Å². The molecule has 39 heavy (non-hydrogen) atoms. The first-order valence-corrected chi connectivity index (χ1v) is 11.8. The number of aromatic nitrogens is 4. The van der Waals surface area contributed by atoms with E-state index in [9.17, 15) is 19.2 Å². The van der Waals surface area contributed by atoms with E-state index in [0.29, 0.717) is 11.4 Å². The van der Waals surface area contributed by atoms with Crippen molar-refractivity contribution in [3.8, 4) is 0 Å². The zero-order valence-electron chi connectivity index (χ0n) is 21.8. The number of benzene rings is 1. The van der Waals surface area contributed by atoms with Crippen molar-refractivity contribution in [2.75, 3.05) is 45.3 Å². The highest BCUT2D eigenvalue weighted by molar-refractivity contribution is 5.96. The number of carboxylic acids is 2. The van der Waals surface area contributed by atoms with E-state index < -0.39 is 29.4 Å². The summed E-state index contributed by atoms with van der Waals surface area (Å²) in [5.74, 6) is -3.16. The molecular weight excluding hydrogens is 512 g/mol. The summed E-state index contributed by atoms with van der Waals surface area (Å²) in [5.41, 5.74) is 6.47. The quantitative estimate of drug-likeness (QED) is 0.153. The highest BCUT2D eigenvalue weighted by Gasteiger charge is 2.21. The van der Waals surface area contributed by atoms with Gasteiger partial charge in [0.05, 0.1) is 46.2 Å². The first kappa shape index (κ1) is 30.6. The van der Waals surface area contributed by atoms with Crippen molar-refractivity contribution in [3.63, 3.8) is 0 Å². The molecule has 3 rings (SSSR count). The molecule has 0 unspecified atom stereocenters. The minimum atomic E-state index is -1.31. The normalized spacial score (nSPS) is 11.7. The maximum atomic E-state index is 12.3. The number of aliphatic hydroxyl groups excluding tert-OH is 1. The maximum absolute atomic E-state index is 12.3. The van der Waals surface area contributed by atoms with Crippen molar-refractivity contribution in [2.24, 2.45) is 0 Å². The van der Waals surface area contributed by atoms with Gasteiger partial charge in [-0.1, -0.05) is 0 Å². The second-order valence-electron chi connectivity index (χ2n) is 9.45. The number of nitrogens with two attached hydrogens (primary N) is 1. The predicted molar refractivity (Wildman–Crippen MR) is 142 cm³/mol. The monoisotopic (exact) mass is 545 g/mol. The van der Waals surface area contributed by atoms with Gasteiger partial charge in [0.15, 0.2) is 11.2 Å².